The molecule has 0 bridgehead atoms. The first-order valence-corrected chi connectivity index (χ1v) is 7.03. The predicted octanol–water partition coefficient (Wildman–Crippen LogP) is 3.99. The standard InChI is InChI=1S/C14H15Cl2FN2O/c1-3-6-19-13(4-5-18-19)14(2,20)9-7-12(17)11(16)8-10(9)15/h4-5,7-8,20H,3,6H2,1-2H3. The van der Waals surface area contributed by atoms with E-state index in [1.165, 1.54) is 6.07 Å². The second kappa shape index (κ2) is 5.72. The lowest BCUT2D eigenvalue weighted by atomic mass is 9.92. The summed E-state index contributed by atoms with van der Waals surface area (Å²) in [5.41, 5.74) is -0.629. The molecule has 0 radical (unpaired) electrons. The van der Waals surface area contributed by atoms with Gasteiger partial charge < -0.3 is 5.11 Å². The van der Waals surface area contributed by atoms with E-state index in [0.29, 0.717) is 12.2 Å². The summed E-state index contributed by atoms with van der Waals surface area (Å²) in [7, 11) is 0. The Hall–Kier alpha value is -1.10. The van der Waals surface area contributed by atoms with Crippen LogP contribution >= 0.6 is 23.2 Å². The third-order valence-electron chi connectivity index (χ3n) is 3.19. The van der Waals surface area contributed by atoms with Crippen LogP contribution < -0.4 is 0 Å². The largest absolute Gasteiger partial charge is 0.379 e. The van der Waals surface area contributed by atoms with Crippen LogP contribution in [0.15, 0.2) is 24.4 Å². The number of aromatic nitrogens is 2. The van der Waals surface area contributed by atoms with Gasteiger partial charge in [-0.2, -0.15) is 5.10 Å². The first kappa shape index (κ1) is 15.3. The van der Waals surface area contributed by atoms with Crippen LogP contribution in [-0.4, -0.2) is 14.9 Å². The summed E-state index contributed by atoms with van der Waals surface area (Å²) in [5, 5.41) is 15.1. The van der Waals surface area contributed by atoms with Crippen LogP contribution in [0.25, 0.3) is 0 Å². The fourth-order valence-electron chi connectivity index (χ4n) is 2.17. The first-order chi connectivity index (χ1) is 9.37. The summed E-state index contributed by atoms with van der Waals surface area (Å²) < 4.78 is 15.3. The van der Waals surface area contributed by atoms with Gasteiger partial charge in [0.25, 0.3) is 0 Å². The van der Waals surface area contributed by atoms with Gasteiger partial charge in [-0.25, -0.2) is 4.39 Å². The summed E-state index contributed by atoms with van der Waals surface area (Å²) in [6, 6.07) is 4.15. The van der Waals surface area contributed by atoms with Gasteiger partial charge in [-0.1, -0.05) is 30.1 Å². The maximum absolute atomic E-state index is 13.7. The quantitative estimate of drug-likeness (QED) is 0.866. The Labute approximate surface area is 126 Å². The van der Waals surface area contributed by atoms with E-state index < -0.39 is 11.4 Å². The molecule has 0 amide bonds. The van der Waals surface area contributed by atoms with Gasteiger partial charge in [0.1, 0.15) is 11.4 Å². The van der Waals surface area contributed by atoms with Crippen LogP contribution in [0.5, 0.6) is 0 Å². The minimum Gasteiger partial charge on any atom is -0.379 e. The molecular formula is C14H15Cl2FN2O. The van der Waals surface area contributed by atoms with Crippen LogP contribution in [0.4, 0.5) is 4.39 Å². The summed E-state index contributed by atoms with van der Waals surface area (Å²) >= 11 is 11.8. The molecule has 2 rings (SSSR count). The number of aliphatic hydroxyl groups is 1. The number of aryl methyl sites for hydroxylation is 1. The molecule has 20 heavy (non-hydrogen) atoms. The number of hydrogen-bond acceptors (Lipinski definition) is 2. The molecule has 1 atom stereocenters. The molecule has 0 spiro atoms. The average molecular weight is 317 g/mol. The third kappa shape index (κ3) is 2.68. The van der Waals surface area contributed by atoms with E-state index in [1.54, 1.807) is 23.9 Å². The van der Waals surface area contributed by atoms with Gasteiger partial charge in [0.15, 0.2) is 0 Å². The van der Waals surface area contributed by atoms with E-state index in [4.69, 9.17) is 23.2 Å². The first-order valence-electron chi connectivity index (χ1n) is 6.27. The molecule has 3 nitrogen and oxygen atoms in total. The molecule has 1 heterocycles. The third-order valence-corrected chi connectivity index (χ3v) is 3.79. The maximum atomic E-state index is 13.7. The van der Waals surface area contributed by atoms with Gasteiger partial charge in [0.2, 0.25) is 0 Å². The van der Waals surface area contributed by atoms with Crippen LogP contribution in [0.3, 0.4) is 0 Å². The monoisotopic (exact) mass is 316 g/mol. The zero-order chi connectivity index (χ0) is 14.9. The molecule has 0 aliphatic rings. The van der Waals surface area contributed by atoms with Gasteiger partial charge in [0, 0.05) is 23.3 Å². The number of hydrogen-bond donors (Lipinski definition) is 1. The van der Waals surface area contributed by atoms with Crippen molar-refractivity contribution in [2.75, 3.05) is 0 Å². The Morgan fingerprint density at radius 3 is 2.70 bits per heavy atom. The molecule has 1 N–H and O–H groups in total. The van der Waals surface area contributed by atoms with Crippen LogP contribution in [-0.2, 0) is 12.1 Å². The second-order valence-electron chi connectivity index (χ2n) is 4.76. The van der Waals surface area contributed by atoms with E-state index >= 15 is 0 Å². The Balaban J connectivity index is 2.54. The van der Waals surface area contributed by atoms with Crippen molar-refractivity contribution >= 4 is 23.2 Å². The topological polar surface area (TPSA) is 38.0 Å². The van der Waals surface area contributed by atoms with Crippen LogP contribution in [0.1, 0.15) is 31.5 Å². The van der Waals surface area contributed by atoms with Gasteiger partial charge in [0.05, 0.1) is 10.7 Å². The molecule has 108 valence electrons. The van der Waals surface area contributed by atoms with Crippen molar-refractivity contribution < 1.29 is 9.50 Å². The number of benzene rings is 1. The molecule has 0 aliphatic carbocycles. The highest BCUT2D eigenvalue weighted by atomic mass is 35.5. The van der Waals surface area contributed by atoms with Crippen molar-refractivity contribution in [1.29, 1.82) is 0 Å². The molecule has 2 aromatic rings. The highest BCUT2D eigenvalue weighted by molar-refractivity contribution is 6.35. The van der Waals surface area contributed by atoms with Crippen LogP contribution in [0, 0.1) is 5.82 Å². The Morgan fingerprint density at radius 2 is 2.05 bits per heavy atom. The lowest BCUT2D eigenvalue weighted by molar-refractivity contribution is 0.0911. The normalized spacial score (nSPS) is 14.3. The lowest BCUT2D eigenvalue weighted by Gasteiger charge is -2.26. The minimum absolute atomic E-state index is 0.0726. The molecule has 1 aromatic heterocycles. The van der Waals surface area contributed by atoms with Gasteiger partial charge in [-0.3, -0.25) is 4.68 Å². The Morgan fingerprint density at radius 1 is 1.35 bits per heavy atom. The lowest BCUT2D eigenvalue weighted by Crippen LogP contribution is -2.27. The molecular weight excluding hydrogens is 302 g/mol. The molecule has 0 fully saturated rings. The van der Waals surface area contributed by atoms with Crippen molar-refractivity contribution in [1.82, 2.24) is 9.78 Å². The average Bonchev–Trinajstić information content (AvgIpc) is 2.83. The van der Waals surface area contributed by atoms with Crippen molar-refractivity contribution in [3.05, 3.63) is 51.5 Å². The van der Waals surface area contributed by atoms with E-state index in [2.05, 4.69) is 5.10 Å². The summed E-state index contributed by atoms with van der Waals surface area (Å²) in [5.74, 6) is -0.618. The fourth-order valence-corrected chi connectivity index (χ4v) is 2.74. The predicted molar refractivity (Wildman–Crippen MR) is 77.6 cm³/mol. The van der Waals surface area contributed by atoms with Gasteiger partial charge >= 0.3 is 0 Å². The van der Waals surface area contributed by atoms with E-state index in [1.807, 2.05) is 6.92 Å². The molecule has 1 unspecified atom stereocenters. The van der Waals surface area contributed by atoms with Crippen molar-refractivity contribution in [3.8, 4) is 0 Å². The second-order valence-corrected chi connectivity index (χ2v) is 5.57. The SMILES string of the molecule is CCCn1nccc1C(C)(O)c1cc(F)c(Cl)cc1Cl. The smallest absolute Gasteiger partial charge is 0.142 e. The molecule has 0 saturated heterocycles. The van der Waals surface area contributed by atoms with E-state index in [-0.39, 0.29) is 15.6 Å². The highest BCUT2D eigenvalue weighted by Crippen LogP contribution is 2.36. The molecule has 6 heteroatoms. The summed E-state index contributed by atoms with van der Waals surface area (Å²) in [6.07, 6.45) is 2.47. The number of nitrogens with zero attached hydrogens (tertiary/aromatic N) is 2. The van der Waals surface area contributed by atoms with Crippen molar-refractivity contribution in [2.24, 2.45) is 0 Å². The van der Waals surface area contributed by atoms with Crippen LogP contribution in [0.2, 0.25) is 10.0 Å². The van der Waals surface area contributed by atoms with Gasteiger partial charge in [-0.15, -0.1) is 0 Å². The molecule has 0 saturated carbocycles. The maximum Gasteiger partial charge on any atom is 0.142 e. The number of halogens is 3. The van der Waals surface area contributed by atoms with E-state index in [9.17, 15) is 9.50 Å². The van der Waals surface area contributed by atoms with Crippen molar-refractivity contribution in [2.45, 2.75) is 32.4 Å². The molecule has 1 aromatic carbocycles. The van der Waals surface area contributed by atoms with Crippen molar-refractivity contribution in [3.63, 3.8) is 0 Å². The summed E-state index contributed by atoms with van der Waals surface area (Å²) in [4.78, 5) is 0. The number of rotatable bonds is 4. The summed E-state index contributed by atoms with van der Waals surface area (Å²) in [6.45, 7) is 4.23. The molecule has 0 aliphatic heterocycles. The van der Waals surface area contributed by atoms with E-state index in [0.717, 1.165) is 12.5 Å². The minimum atomic E-state index is -1.45. The fraction of sp³-hybridized carbons (Fsp3) is 0.357. The Kier molecular flexibility index (Phi) is 4.37. The zero-order valence-corrected chi connectivity index (χ0v) is 12.7. The Bertz CT molecular complexity index is 626. The zero-order valence-electron chi connectivity index (χ0n) is 11.2. The highest BCUT2D eigenvalue weighted by Gasteiger charge is 2.32. The van der Waals surface area contributed by atoms with Gasteiger partial charge in [-0.05, 0) is 31.5 Å².